The number of fused-ring (bicyclic) bond motifs is 1. The first-order valence-electron chi connectivity index (χ1n) is 6.64. The molecule has 0 spiro atoms. The highest BCUT2D eigenvalue weighted by Gasteiger charge is 2.24. The molecule has 0 saturated carbocycles. The summed E-state index contributed by atoms with van der Waals surface area (Å²) in [6.45, 7) is 6.78. The summed E-state index contributed by atoms with van der Waals surface area (Å²) in [5.74, 6) is 0. The Labute approximate surface area is 107 Å². The maximum absolute atomic E-state index is 4.31. The summed E-state index contributed by atoms with van der Waals surface area (Å²) < 4.78 is 2.07. The van der Waals surface area contributed by atoms with Crippen molar-refractivity contribution in [2.75, 3.05) is 13.1 Å². The number of hydrogen-bond donors (Lipinski definition) is 0. The second-order valence-corrected chi connectivity index (χ2v) is 5.28. The van der Waals surface area contributed by atoms with Crippen LogP contribution in [-0.4, -0.2) is 44.0 Å². The first kappa shape index (κ1) is 11.6. The van der Waals surface area contributed by atoms with Crippen LogP contribution < -0.4 is 0 Å². The predicted molar refractivity (Wildman–Crippen MR) is 70.3 cm³/mol. The van der Waals surface area contributed by atoms with Crippen molar-refractivity contribution < 1.29 is 0 Å². The molecule has 0 N–H and O–H groups in total. The standard InChI is InChI=1S/C13H19N5/c1-10(2)17-7-3-4-11(9-17)18-13-5-6-14-8-12(13)15-16-18/h5-6,8,10-11H,3-4,7,9H2,1-2H3. The third-order valence-electron chi connectivity index (χ3n) is 3.78. The van der Waals surface area contributed by atoms with E-state index in [4.69, 9.17) is 0 Å². The van der Waals surface area contributed by atoms with Gasteiger partial charge in [-0.05, 0) is 39.3 Å². The molecule has 5 nitrogen and oxygen atoms in total. The van der Waals surface area contributed by atoms with Gasteiger partial charge in [0.15, 0.2) is 0 Å². The second-order valence-electron chi connectivity index (χ2n) is 5.28. The van der Waals surface area contributed by atoms with E-state index >= 15 is 0 Å². The third kappa shape index (κ3) is 1.99. The van der Waals surface area contributed by atoms with Gasteiger partial charge in [0.1, 0.15) is 5.52 Å². The van der Waals surface area contributed by atoms with Gasteiger partial charge in [-0.1, -0.05) is 5.21 Å². The number of pyridine rings is 1. The summed E-state index contributed by atoms with van der Waals surface area (Å²) >= 11 is 0. The van der Waals surface area contributed by atoms with Crippen molar-refractivity contribution in [1.82, 2.24) is 24.9 Å². The maximum Gasteiger partial charge on any atom is 0.131 e. The fourth-order valence-corrected chi connectivity index (χ4v) is 2.72. The molecular formula is C13H19N5. The van der Waals surface area contributed by atoms with E-state index in [-0.39, 0.29) is 0 Å². The van der Waals surface area contributed by atoms with Crippen LogP contribution in [0.4, 0.5) is 0 Å². The van der Waals surface area contributed by atoms with E-state index in [9.17, 15) is 0 Å². The fourth-order valence-electron chi connectivity index (χ4n) is 2.72. The van der Waals surface area contributed by atoms with Crippen molar-refractivity contribution >= 4 is 11.0 Å². The van der Waals surface area contributed by atoms with Crippen LogP contribution in [0.25, 0.3) is 11.0 Å². The maximum atomic E-state index is 4.31. The second kappa shape index (κ2) is 4.65. The first-order valence-corrected chi connectivity index (χ1v) is 6.64. The molecule has 1 unspecified atom stereocenters. The molecule has 1 fully saturated rings. The number of hydrogen-bond acceptors (Lipinski definition) is 4. The molecule has 2 aromatic heterocycles. The summed E-state index contributed by atoms with van der Waals surface area (Å²) in [5, 5.41) is 8.51. The zero-order valence-corrected chi connectivity index (χ0v) is 11.0. The highest BCUT2D eigenvalue weighted by atomic mass is 15.4. The van der Waals surface area contributed by atoms with Crippen LogP contribution >= 0.6 is 0 Å². The summed E-state index contributed by atoms with van der Waals surface area (Å²) in [6, 6.07) is 3.04. The predicted octanol–water partition coefficient (Wildman–Crippen LogP) is 1.87. The monoisotopic (exact) mass is 245 g/mol. The Morgan fingerprint density at radius 2 is 2.28 bits per heavy atom. The van der Waals surface area contributed by atoms with Crippen molar-refractivity contribution in [3.05, 3.63) is 18.5 Å². The Bertz CT molecular complexity index is 533. The van der Waals surface area contributed by atoms with Gasteiger partial charge < -0.3 is 0 Å². The molecule has 1 atom stereocenters. The van der Waals surface area contributed by atoms with Crippen molar-refractivity contribution in [1.29, 1.82) is 0 Å². The topological polar surface area (TPSA) is 46.8 Å². The Hall–Kier alpha value is -1.49. The average molecular weight is 245 g/mol. The lowest BCUT2D eigenvalue weighted by molar-refractivity contribution is 0.138. The van der Waals surface area contributed by atoms with Gasteiger partial charge in [0.2, 0.25) is 0 Å². The molecule has 3 heterocycles. The number of likely N-dealkylation sites (tertiary alicyclic amines) is 1. The minimum Gasteiger partial charge on any atom is -0.299 e. The van der Waals surface area contributed by atoms with Gasteiger partial charge in [0.25, 0.3) is 0 Å². The van der Waals surface area contributed by atoms with E-state index in [2.05, 4.69) is 38.7 Å². The Morgan fingerprint density at radius 1 is 1.39 bits per heavy atom. The molecule has 0 amide bonds. The molecule has 0 radical (unpaired) electrons. The SMILES string of the molecule is CC(C)N1CCCC(n2nnc3cnccc32)C1. The van der Waals surface area contributed by atoms with Crippen LogP contribution in [0, 0.1) is 0 Å². The van der Waals surface area contributed by atoms with Gasteiger partial charge in [-0.25, -0.2) is 4.68 Å². The number of nitrogens with zero attached hydrogens (tertiary/aromatic N) is 5. The Kier molecular flexibility index (Phi) is 2.99. The van der Waals surface area contributed by atoms with Gasteiger partial charge in [-0.15, -0.1) is 5.10 Å². The van der Waals surface area contributed by atoms with E-state index < -0.39 is 0 Å². The summed E-state index contributed by atoms with van der Waals surface area (Å²) in [4.78, 5) is 6.61. The van der Waals surface area contributed by atoms with E-state index in [1.807, 2.05) is 12.3 Å². The van der Waals surface area contributed by atoms with E-state index in [0.29, 0.717) is 12.1 Å². The third-order valence-corrected chi connectivity index (χ3v) is 3.78. The Morgan fingerprint density at radius 3 is 3.11 bits per heavy atom. The van der Waals surface area contributed by atoms with Crippen LogP contribution in [0.1, 0.15) is 32.7 Å². The Balaban J connectivity index is 1.90. The van der Waals surface area contributed by atoms with Crippen LogP contribution in [0.15, 0.2) is 18.5 Å². The molecule has 1 aliphatic heterocycles. The van der Waals surface area contributed by atoms with E-state index in [0.717, 1.165) is 17.6 Å². The molecule has 96 valence electrons. The summed E-state index contributed by atoms with van der Waals surface area (Å²) in [7, 11) is 0. The van der Waals surface area contributed by atoms with Gasteiger partial charge in [0, 0.05) is 18.8 Å². The number of rotatable bonds is 2. The molecule has 5 heteroatoms. The van der Waals surface area contributed by atoms with Gasteiger partial charge >= 0.3 is 0 Å². The van der Waals surface area contributed by atoms with Gasteiger partial charge in [-0.2, -0.15) is 0 Å². The minimum absolute atomic E-state index is 0.438. The lowest BCUT2D eigenvalue weighted by Crippen LogP contribution is -2.41. The van der Waals surface area contributed by atoms with E-state index in [1.165, 1.54) is 19.4 Å². The normalized spacial score (nSPS) is 21.8. The van der Waals surface area contributed by atoms with Gasteiger partial charge in [-0.3, -0.25) is 9.88 Å². The van der Waals surface area contributed by atoms with Crippen LogP contribution in [0.3, 0.4) is 0 Å². The average Bonchev–Trinajstić information content (AvgIpc) is 2.82. The quantitative estimate of drug-likeness (QED) is 0.810. The van der Waals surface area contributed by atoms with Crippen LogP contribution in [-0.2, 0) is 0 Å². The minimum atomic E-state index is 0.438. The van der Waals surface area contributed by atoms with Crippen LogP contribution in [0.5, 0.6) is 0 Å². The van der Waals surface area contributed by atoms with Crippen molar-refractivity contribution in [3.63, 3.8) is 0 Å². The molecule has 3 rings (SSSR count). The smallest absolute Gasteiger partial charge is 0.131 e. The largest absolute Gasteiger partial charge is 0.299 e. The number of aromatic nitrogens is 4. The molecule has 1 saturated heterocycles. The molecule has 0 aromatic carbocycles. The lowest BCUT2D eigenvalue weighted by Gasteiger charge is -2.35. The van der Waals surface area contributed by atoms with Crippen molar-refractivity contribution in [2.45, 2.75) is 38.8 Å². The molecule has 0 aliphatic carbocycles. The lowest BCUT2D eigenvalue weighted by atomic mass is 10.0. The zero-order chi connectivity index (χ0) is 12.5. The molecule has 2 aromatic rings. The molecule has 0 bridgehead atoms. The van der Waals surface area contributed by atoms with Crippen molar-refractivity contribution in [2.24, 2.45) is 0 Å². The first-order chi connectivity index (χ1) is 8.75. The summed E-state index contributed by atoms with van der Waals surface area (Å²) in [5.41, 5.74) is 1.99. The van der Waals surface area contributed by atoms with E-state index in [1.54, 1.807) is 6.20 Å². The molecule has 18 heavy (non-hydrogen) atoms. The fraction of sp³-hybridized carbons (Fsp3) is 0.615. The molecular weight excluding hydrogens is 226 g/mol. The highest BCUT2D eigenvalue weighted by molar-refractivity contribution is 5.72. The van der Waals surface area contributed by atoms with Crippen molar-refractivity contribution in [3.8, 4) is 0 Å². The number of piperidine rings is 1. The molecule has 1 aliphatic rings. The summed E-state index contributed by atoms with van der Waals surface area (Å²) in [6.07, 6.45) is 6.01. The highest BCUT2D eigenvalue weighted by Crippen LogP contribution is 2.24. The zero-order valence-electron chi connectivity index (χ0n) is 11.0. The van der Waals surface area contributed by atoms with Crippen LogP contribution in [0.2, 0.25) is 0 Å². The van der Waals surface area contributed by atoms with Gasteiger partial charge in [0.05, 0.1) is 17.8 Å².